The molecule has 0 unspecified atom stereocenters. The molecule has 0 fully saturated rings. The molecule has 1 aromatic carbocycles. The molecule has 2 nitrogen and oxygen atoms in total. The fourth-order valence-electron chi connectivity index (χ4n) is 2.60. The quantitative estimate of drug-likeness (QED) is 0.775. The molecule has 0 saturated carbocycles. The molecule has 2 rings (SSSR count). The van der Waals surface area contributed by atoms with Gasteiger partial charge >= 0.3 is 0 Å². The van der Waals surface area contributed by atoms with Crippen molar-refractivity contribution in [2.75, 3.05) is 19.7 Å². The highest BCUT2D eigenvalue weighted by Gasteiger charge is 2.17. The van der Waals surface area contributed by atoms with Crippen LogP contribution in [0.25, 0.3) is 0 Å². The Labute approximate surface area is 122 Å². The van der Waals surface area contributed by atoms with Crippen LogP contribution in [0.1, 0.15) is 18.9 Å². The topological polar surface area (TPSA) is 12.5 Å². The summed E-state index contributed by atoms with van der Waals surface area (Å²) in [5, 5.41) is 0. The van der Waals surface area contributed by atoms with Gasteiger partial charge in [-0.15, -0.1) is 0 Å². The molecule has 1 aliphatic rings. The van der Waals surface area contributed by atoms with E-state index in [0.717, 1.165) is 31.8 Å². The maximum absolute atomic E-state index is 5.70. The zero-order valence-corrected chi connectivity index (χ0v) is 12.3. The van der Waals surface area contributed by atoms with Crippen molar-refractivity contribution in [3.63, 3.8) is 0 Å². The van der Waals surface area contributed by atoms with Gasteiger partial charge < -0.3 is 4.74 Å². The highest BCUT2D eigenvalue weighted by Crippen LogP contribution is 2.24. The molecule has 0 atom stereocenters. The van der Waals surface area contributed by atoms with Gasteiger partial charge in [0.15, 0.2) is 0 Å². The number of hydrogen-bond donors (Lipinski definition) is 0. The van der Waals surface area contributed by atoms with Crippen LogP contribution < -0.4 is 4.74 Å². The van der Waals surface area contributed by atoms with E-state index >= 15 is 0 Å². The molecule has 0 bridgehead atoms. The first-order valence-electron chi connectivity index (χ1n) is 7.18. The second kappa shape index (κ2) is 7.11. The third-order valence-corrected chi connectivity index (χ3v) is 3.66. The van der Waals surface area contributed by atoms with Crippen molar-refractivity contribution in [1.29, 1.82) is 0 Å². The molecule has 0 amide bonds. The van der Waals surface area contributed by atoms with Crippen LogP contribution in [-0.2, 0) is 6.54 Å². The lowest BCUT2D eigenvalue weighted by Gasteiger charge is -2.29. The highest BCUT2D eigenvalue weighted by atomic mass is 16.5. The number of rotatable bonds is 6. The van der Waals surface area contributed by atoms with Crippen LogP contribution in [-0.4, -0.2) is 24.6 Å². The Bertz CT molecular complexity index is 516. The van der Waals surface area contributed by atoms with Gasteiger partial charge in [-0.1, -0.05) is 43.5 Å². The van der Waals surface area contributed by atoms with Crippen LogP contribution in [0.3, 0.4) is 0 Å². The first kappa shape index (κ1) is 14.6. The smallest absolute Gasteiger partial charge is 0.123 e. The number of hydrogen-bond acceptors (Lipinski definition) is 2. The van der Waals surface area contributed by atoms with Gasteiger partial charge in [-0.05, 0) is 30.6 Å². The molecule has 106 valence electrons. The zero-order chi connectivity index (χ0) is 14.4. The van der Waals surface area contributed by atoms with Crippen LogP contribution in [0, 0.1) is 0 Å². The van der Waals surface area contributed by atoms with Crippen LogP contribution in [0.15, 0.2) is 60.7 Å². The number of ether oxygens (including phenoxy) is 1. The molecule has 0 aromatic heterocycles. The van der Waals surface area contributed by atoms with Crippen LogP contribution in [0.2, 0.25) is 0 Å². The van der Waals surface area contributed by atoms with Gasteiger partial charge in [0, 0.05) is 25.2 Å². The van der Waals surface area contributed by atoms with E-state index in [4.69, 9.17) is 4.74 Å². The summed E-state index contributed by atoms with van der Waals surface area (Å²) in [4.78, 5) is 2.43. The molecule has 20 heavy (non-hydrogen) atoms. The maximum atomic E-state index is 5.70. The predicted molar refractivity (Wildman–Crippen MR) is 84.9 cm³/mol. The zero-order valence-electron chi connectivity index (χ0n) is 12.3. The number of nitrogens with zero attached hydrogens (tertiary/aromatic N) is 1. The van der Waals surface area contributed by atoms with Gasteiger partial charge in [-0.2, -0.15) is 0 Å². The molecule has 0 saturated heterocycles. The molecule has 0 aliphatic carbocycles. The molecular weight excluding hydrogens is 246 g/mol. The molecule has 0 radical (unpaired) electrons. The van der Waals surface area contributed by atoms with Crippen molar-refractivity contribution in [3.05, 3.63) is 66.3 Å². The third-order valence-electron chi connectivity index (χ3n) is 3.66. The summed E-state index contributed by atoms with van der Waals surface area (Å²) in [6.07, 6.45) is 4.96. The molecule has 1 aromatic rings. The first-order valence-corrected chi connectivity index (χ1v) is 7.18. The summed E-state index contributed by atoms with van der Waals surface area (Å²) in [7, 11) is 0. The minimum Gasteiger partial charge on any atom is -0.494 e. The fraction of sp³-hybridized carbons (Fsp3) is 0.333. The third kappa shape index (κ3) is 3.40. The van der Waals surface area contributed by atoms with E-state index < -0.39 is 0 Å². The van der Waals surface area contributed by atoms with Crippen LogP contribution in [0.4, 0.5) is 0 Å². The minimum atomic E-state index is 0.704. The van der Waals surface area contributed by atoms with Gasteiger partial charge in [-0.3, -0.25) is 4.90 Å². The fourth-order valence-corrected chi connectivity index (χ4v) is 2.60. The Morgan fingerprint density at radius 1 is 1.20 bits per heavy atom. The largest absolute Gasteiger partial charge is 0.494 e. The van der Waals surface area contributed by atoms with E-state index in [1.807, 2.05) is 31.2 Å². The summed E-state index contributed by atoms with van der Waals surface area (Å²) >= 11 is 0. The summed E-state index contributed by atoms with van der Waals surface area (Å²) in [6, 6.07) is 8.28. The van der Waals surface area contributed by atoms with Gasteiger partial charge in [0.1, 0.15) is 5.75 Å². The summed E-state index contributed by atoms with van der Waals surface area (Å²) in [6.45, 7) is 13.4. The van der Waals surface area contributed by atoms with E-state index in [9.17, 15) is 0 Å². The van der Waals surface area contributed by atoms with Crippen molar-refractivity contribution in [3.8, 4) is 5.75 Å². The van der Waals surface area contributed by atoms with E-state index in [0.29, 0.717) is 6.61 Å². The van der Waals surface area contributed by atoms with E-state index in [1.54, 1.807) is 0 Å². The van der Waals surface area contributed by atoms with Gasteiger partial charge in [-0.25, -0.2) is 0 Å². The second-order valence-corrected chi connectivity index (χ2v) is 4.96. The minimum absolute atomic E-state index is 0.704. The molecular formula is C18H23NO. The Balaban J connectivity index is 2.10. The van der Waals surface area contributed by atoms with Gasteiger partial charge in [0.2, 0.25) is 0 Å². The summed E-state index contributed by atoms with van der Waals surface area (Å²) < 4.78 is 5.70. The molecule has 2 heteroatoms. The lowest BCUT2D eigenvalue weighted by Crippen LogP contribution is -2.30. The standard InChI is InChI=1S/C18H23NO/c1-4-15-11-12-19(13-16(15)5-2)14-17-9-7-8-10-18(17)20-6-3/h4-5,7-10H,1-2,6,11-14H2,3H3. The van der Waals surface area contributed by atoms with Crippen molar-refractivity contribution in [2.24, 2.45) is 0 Å². The summed E-state index contributed by atoms with van der Waals surface area (Å²) in [5.41, 5.74) is 3.87. The number of para-hydroxylation sites is 1. The number of allylic oxidation sites excluding steroid dienone is 1. The molecule has 1 heterocycles. The van der Waals surface area contributed by atoms with Gasteiger partial charge in [0.05, 0.1) is 6.61 Å². The average Bonchev–Trinajstić information content (AvgIpc) is 2.49. The highest BCUT2D eigenvalue weighted by molar-refractivity contribution is 5.36. The Hall–Kier alpha value is -1.80. The van der Waals surface area contributed by atoms with E-state index in [-0.39, 0.29) is 0 Å². The Kier molecular flexibility index (Phi) is 5.19. The van der Waals surface area contributed by atoms with Crippen molar-refractivity contribution in [2.45, 2.75) is 19.9 Å². The van der Waals surface area contributed by atoms with E-state index in [2.05, 4.69) is 30.2 Å². The monoisotopic (exact) mass is 269 g/mol. The molecule has 0 spiro atoms. The number of benzene rings is 1. The normalized spacial score (nSPS) is 16.1. The lowest BCUT2D eigenvalue weighted by molar-refractivity contribution is 0.271. The van der Waals surface area contributed by atoms with Crippen molar-refractivity contribution in [1.82, 2.24) is 4.90 Å². The lowest BCUT2D eigenvalue weighted by atomic mass is 9.99. The SMILES string of the molecule is C=CC1=C(C=C)CN(Cc2ccccc2OCC)CC1. The maximum Gasteiger partial charge on any atom is 0.123 e. The second-order valence-electron chi connectivity index (χ2n) is 4.96. The van der Waals surface area contributed by atoms with Crippen molar-refractivity contribution < 1.29 is 4.74 Å². The Morgan fingerprint density at radius 2 is 1.95 bits per heavy atom. The van der Waals surface area contributed by atoms with Crippen molar-refractivity contribution >= 4 is 0 Å². The van der Waals surface area contributed by atoms with Crippen LogP contribution >= 0.6 is 0 Å². The van der Waals surface area contributed by atoms with Gasteiger partial charge in [0.25, 0.3) is 0 Å². The van der Waals surface area contributed by atoms with Crippen LogP contribution in [0.5, 0.6) is 5.75 Å². The molecule has 0 N–H and O–H groups in total. The average molecular weight is 269 g/mol. The van der Waals surface area contributed by atoms with E-state index in [1.165, 1.54) is 16.7 Å². The summed E-state index contributed by atoms with van der Waals surface area (Å²) in [5.74, 6) is 0.994. The predicted octanol–water partition coefficient (Wildman–Crippen LogP) is 3.96. The first-order chi connectivity index (χ1) is 9.78. The Morgan fingerprint density at radius 3 is 2.65 bits per heavy atom. The molecule has 1 aliphatic heterocycles.